The number of allylic oxidation sites excluding steroid dienone is 1. The lowest BCUT2D eigenvalue weighted by Gasteiger charge is -2.39. The van der Waals surface area contributed by atoms with Gasteiger partial charge < -0.3 is 10.5 Å². The van der Waals surface area contributed by atoms with Gasteiger partial charge in [-0.15, -0.1) is 0 Å². The van der Waals surface area contributed by atoms with E-state index in [1.807, 2.05) is 11.9 Å². The number of morpholine rings is 1. The highest BCUT2D eigenvalue weighted by atomic mass is 16.5. The Bertz CT molecular complexity index is 333. The minimum absolute atomic E-state index is 0.174. The fraction of sp³-hybridized carbons (Fsp3) is 0.786. The standard InChI is InChI=1S/C14H25N3O2/c1-16(11-14(15)18)9-13-10-17(7-8-19-13)12-5-3-2-4-6-12/h3,5,12-13H,2,4,6-11H2,1H3,(H2,15,18). The average molecular weight is 267 g/mol. The number of primary amides is 1. The summed E-state index contributed by atoms with van der Waals surface area (Å²) in [6.07, 6.45) is 8.54. The first-order chi connectivity index (χ1) is 9.15. The van der Waals surface area contributed by atoms with E-state index < -0.39 is 0 Å². The molecule has 0 aromatic carbocycles. The summed E-state index contributed by atoms with van der Waals surface area (Å²) in [5.41, 5.74) is 5.20. The number of ether oxygens (including phenoxy) is 1. The van der Waals surface area contributed by atoms with E-state index in [4.69, 9.17) is 10.5 Å². The van der Waals surface area contributed by atoms with Crippen LogP contribution < -0.4 is 5.73 Å². The summed E-state index contributed by atoms with van der Waals surface area (Å²) < 4.78 is 5.79. The summed E-state index contributed by atoms with van der Waals surface area (Å²) in [5.74, 6) is -0.287. The monoisotopic (exact) mass is 267 g/mol. The molecule has 5 nitrogen and oxygen atoms in total. The first-order valence-corrected chi connectivity index (χ1v) is 7.14. The van der Waals surface area contributed by atoms with E-state index in [1.165, 1.54) is 19.3 Å². The van der Waals surface area contributed by atoms with Crippen LogP contribution in [0.4, 0.5) is 0 Å². The SMILES string of the molecule is CN(CC(N)=O)CC1CN(C2C=CCCC2)CCO1. The molecule has 0 aromatic heterocycles. The molecule has 0 bridgehead atoms. The van der Waals surface area contributed by atoms with E-state index in [1.54, 1.807) is 0 Å². The average Bonchev–Trinajstić information content (AvgIpc) is 2.39. The van der Waals surface area contributed by atoms with Gasteiger partial charge in [-0.25, -0.2) is 0 Å². The zero-order valence-electron chi connectivity index (χ0n) is 11.8. The van der Waals surface area contributed by atoms with Gasteiger partial charge in [-0.2, -0.15) is 0 Å². The lowest BCUT2D eigenvalue weighted by molar-refractivity contribution is -0.119. The third-order valence-electron chi connectivity index (χ3n) is 3.81. The highest BCUT2D eigenvalue weighted by Gasteiger charge is 2.26. The summed E-state index contributed by atoms with van der Waals surface area (Å²) >= 11 is 0. The molecule has 1 fully saturated rings. The lowest BCUT2D eigenvalue weighted by atomic mass is 10.0. The molecule has 1 aliphatic carbocycles. The maximum atomic E-state index is 10.9. The first kappa shape index (κ1) is 14.5. The van der Waals surface area contributed by atoms with Crippen molar-refractivity contribution in [2.24, 2.45) is 5.73 Å². The second-order valence-corrected chi connectivity index (χ2v) is 5.58. The van der Waals surface area contributed by atoms with Crippen molar-refractivity contribution in [3.63, 3.8) is 0 Å². The van der Waals surface area contributed by atoms with E-state index in [-0.39, 0.29) is 12.0 Å². The summed E-state index contributed by atoms with van der Waals surface area (Å²) in [7, 11) is 1.91. The molecule has 1 saturated heterocycles. The van der Waals surface area contributed by atoms with Crippen molar-refractivity contribution < 1.29 is 9.53 Å². The van der Waals surface area contributed by atoms with Crippen molar-refractivity contribution in [2.45, 2.75) is 31.4 Å². The molecular formula is C14H25N3O2. The van der Waals surface area contributed by atoms with Gasteiger partial charge in [0, 0.05) is 25.7 Å². The maximum absolute atomic E-state index is 10.9. The molecule has 2 rings (SSSR count). The third-order valence-corrected chi connectivity index (χ3v) is 3.81. The van der Waals surface area contributed by atoms with E-state index in [0.29, 0.717) is 12.6 Å². The van der Waals surface area contributed by atoms with Crippen molar-refractivity contribution in [2.75, 3.05) is 39.8 Å². The number of hydrogen-bond donors (Lipinski definition) is 1. The Labute approximate surface area is 115 Å². The number of rotatable bonds is 5. The van der Waals surface area contributed by atoms with Gasteiger partial charge >= 0.3 is 0 Å². The number of hydrogen-bond acceptors (Lipinski definition) is 4. The zero-order valence-corrected chi connectivity index (χ0v) is 11.8. The Balaban J connectivity index is 1.81. The van der Waals surface area contributed by atoms with Crippen LogP contribution in [0.15, 0.2) is 12.2 Å². The van der Waals surface area contributed by atoms with Crippen LogP contribution in [0.2, 0.25) is 0 Å². The molecule has 1 aliphatic heterocycles. The van der Waals surface area contributed by atoms with Crippen LogP contribution in [0.5, 0.6) is 0 Å². The quantitative estimate of drug-likeness (QED) is 0.724. The van der Waals surface area contributed by atoms with Crippen LogP contribution in [-0.2, 0) is 9.53 Å². The Morgan fingerprint density at radius 3 is 3.11 bits per heavy atom. The molecule has 5 heteroatoms. The predicted molar refractivity (Wildman–Crippen MR) is 74.8 cm³/mol. The van der Waals surface area contributed by atoms with Crippen molar-refractivity contribution >= 4 is 5.91 Å². The number of amides is 1. The summed E-state index contributed by atoms with van der Waals surface area (Å²) in [4.78, 5) is 15.3. The highest BCUT2D eigenvalue weighted by molar-refractivity contribution is 5.75. The Hall–Kier alpha value is -0.910. The number of nitrogens with zero attached hydrogens (tertiary/aromatic N) is 2. The Morgan fingerprint density at radius 2 is 2.42 bits per heavy atom. The maximum Gasteiger partial charge on any atom is 0.231 e. The van der Waals surface area contributed by atoms with Crippen molar-refractivity contribution in [1.29, 1.82) is 0 Å². The molecule has 2 unspecified atom stereocenters. The van der Waals surface area contributed by atoms with E-state index in [2.05, 4.69) is 17.1 Å². The second-order valence-electron chi connectivity index (χ2n) is 5.58. The van der Waals surface area contributed by atoms with Gasteiger partial charge in [0.05, 0.1) is 19.3 Å². The minimum Gasteiger partial charge on any atom is -0.374 e. The number of likely N-dealkylation sites (N-methyl/N-ethyl adjacent to an activating group) is 1. The molecule has 2 aliphatic rings. The fourth-order valence-corrected chi connectivity index (χ4v) is 2.93. The lowest BCUT2D eigenvalue weighted by Crippen LogP contribution is -2.51. The number of carbonyl (C=O) groups excluding carboxylic acids is 1. The molecule has 1 heterocycles. The predicted octanol–water partition coefficient (Wildman–Crippen LogP) is 0.213. The van der Waals surface area contributed by atoms with E-state index in [9.17, 15) is 4.79 Å². The van der Waals surface area contributed by atoms with Crippen molar-refractivity contribution in [3.8, 4) is 0 Å². The van der Waals surface area contributed by atoms with Gasteiger partial charge in [0.15, 0.2) is 0 Å². The van der Waals surface area contributed by atoms with Crippen molar-refractivity contribution in [1.82, 2.24) is 9.80 Å². The van der Waals surface area contributed by atoms with Gasteiger partial charge in [-0.05, 0) is 26.3 Å². The first-order valence-electron chi connectivity index (χ1n) is 7.14. The Kier molecular flexibility index (Phi) is 5.36. The van der Waals surface area contributed by atoms with Gasteiger partial charge in [-0.1, -0.05) is 12.2 Å². The molecule has 1 amide bonds. The number of carbonyl (C=O) groups is 1. The molecule has 2 atom stereocenters. The van der Waals surface area contributed by atoms with Crippen LogP contribution in [0.1, 0.15) is 19.3 Å². The van der Waals surface area contributed by atoms with Crippen LogP contribution in [-0.4, -0.2) is 67.7 Å². The summed E-state index contributed by atoms with van der Waals surface area (Å²) in [6, 6.07) is 0.571. The number of nitrogens with two attached hydrogens (primary N) is 1. The summed E-state index contributed by atoms with van der Waals surface area (Å²) in [5, 5.41) is 0. The fourth-order valence-electron chi connectivity index (χ4n) is 2.93. The smallest absolute Gasteiger partial charge is 0.231 e. The topological polar surface area (TPSA) is 58.8 Å². The summed E-state index contributed by atoms with van der Waals surface area (Å²) in [6.45, 7) is 3.78. The molecule has 0 spiro atoms. The molecular weight excluding hydrogens is 242 g/mol. The molecule has 0 saturated carbocycles. The van der Waals surface area contributed by atoms with Gasteiger partial charge in [0.1, 0.15) is 0 Å². The van der Waals surface area contributed by atoms with Crippen LogP contribution in [0.3, 0.4) is 0 Å². The molecule has 0 aromatic rings. The van der Waals surface area contributed by atoms with E-state index >= 15 is 0 Å². The van der Waals surface area contributed by atoms with Gasteiger partial charge in [0.25, 0.3) is 0 Å². The molecule has 108 valence electrons. The molecule has 0 radical (unpaired) electrons. The van der Waals surface area contributed by atoms with E-state index in [0.717, 1.165) is 26.2 Å². The highest BCUT2D eigenvalue weighted by Crippen LogP contribution is 2.19. The normalized spacial score (nSPS) is 28.7. The largest absolute Gasteiger partial charge is 0.374 e. The van der Waals surface area contributed by atoms with Crippen LogP contribution in [0, 0.1) is 0 Å². The molecule has 2 N–H and O–H groups in total. The van der Waals surface area contributed by atoms with Gasteiger partial charge in [-0.3, -0.25) is 14.6 Å². The van der Waals surface area contributed by atoms with Gasteiger partial charge in [0.2, 0.25) is 5.91 Å². The minimum atomic E-state index is -0.287. The second kappa shape index (κ2) is 7.03. The van der Waals surface area contributed by atoms with Crippen LogP contribution in [0.25, 0.3) is 0 Å². The third kappa shape index (κ3) is 4.60. The zero-order chi connectivity index (χ0) is 13.7. The molecule has 19 heavy (non-hydrogen) atoms. The Morgan fingerprint density at radius 1 is 1.58 bits per heavy atom. The van der Waals surface area contributed by atoms with Crippen LogP contribution >= 0.6 is 0 Å². The van der Waals surface area contributed by atoms with Crippen molar-refractivity contribution in [3.05, 3.63) is 12.2 Å².